The molecule has 1 amide bonds. The Morgan fingerprint density at radius 2 is 1.93 bits per heavy atom. The van der Waals surface area contributed by atoms with Crippen molar-refractivity contribution < 1.29 is 13.9 Å². The fourth-order valence-electron chi connectivity index (χ4n) is 2.50. The average Bonchev–Trinajstić information content (AvgIpc) is 2.68. The molecule has 27 heavy (non-hydrogen) atoms. The van der Waals surface area contributed by atoms with Gasteiger partial charge in [-0.1, -0.05) is 36.4 Å². The minimum Gasteiger partial charge on any atom is -0.439 e. The standard InChI is InChI=1S/C22H19FN2O2/c1-16(25-21(26)13-12-17-7-2-3-10-20(17)23)18-8-6-9-19(15-18)27-22-11-4-5-14-24-22/h2-16H,1H3,(H,25,26)/t16-/m0/s1. The zero-order valence-electron chi connectivity index (χ0n) is 14.8. The molecule has 0 aliphatic heterocycles. The number of nitrogens with zero attached hydrogens (tertiary/aromatic N) is 1. The fraction of sp³-hybridized carbons (Fsp3) is 0.0909. The Kier molecular flexibility index (Phi) is 5.94. The highest BCUT2D eigenvalue weighted by molar-refractivity contribution is 5.92. The van der Waals surface area contributed by atoms with E-state index in [1.807, 2.05) is 43.3 Å². The topological polar surface area (TPSA) is 51.2 Å². The van der Waals surface area contributed by atoms with Crippen molar-refractivity contribution in [3.05, 3.63) is 95.9 Å². The van der Waals surface area contributed by atoms with Crippen molar-refractivity contribution in [3.8, 4) is 11.6 Å². The summed E-state index contributed by atoms with van der Waals surface area (Å²) in [5.41, 5.74) is 1.25. The maximum absolute atomic E-state index is 13.6. The molecule has 5 heteroatoms. The first kappa shape index (κ1) is 18.3. The first-order valence-corrected chi connectivity index (χ1v) is 8.54. The van der Waals surface area contributed by atoms with E-state index in [0.29, 0.717) is 17.2 Å². The summed E-state index contributed by atoms with van der Waals surface area (Å²) in [6, 6.07) is 18.9. The third-order valence-corrected chi connectivity index (χ3v) is 3.90. The van der Waals surface area contributed by atoms with Gasteiger partial charge in [-0.3, -0.25) is 4.79 Å². The van der Waals surface area contributed by atoms with Crippen LogP contribution < -0.4 is 10.1 Å². The highest BCUT2D eigenvalue weighted by Gasteiger charge is 2.09. The summed E-state index contributed by atoms with van der Waals surface area (Å²) < 4.78 is 19.3. The predicted octanol–water partition coefficient (Wildman–Crippen LogP) is 4.90. The van der Waals surface area contributed by atoms with Gasteiger partial charge in [-0.05, 0) is 42.8 Å². The Labute approximate surface area is 157 Å². The largest absolute Gasteiger partial charge is 0.439 e. The van der Waals surface area contributed by atoms with Gasteiger partial charge >= 0.3 is 0 Å². The molecule has 0 fully saturated rings. The second-order valence-corrected chi connectivity index (χ2v) is 5.93. The van der Waals surface area contributed by atoms with Crippen LogP contribution in [0.1, 0.15) is 24.1 Å². The molecule has 1 heterocycles. The molecular formula is C22H19FN2O2. The second-order valence-electron chi connectivity index (χ2n) is 5.93. The molecule has 3 aromatic rings. The summed E-state index contributed by atoms with van der Waals surface area (Å²) in [6.07, 6.45) is 4.44. The van der Waals surface area contributed by atoms with Crippen molar-refractivity contribution >= 4 is 12.0 Å². The first-order valence-electron chi connectivity index (χ1n) is 8.54. The van der Waals surface area contributed by atoms with Gasteiger partial charge in [0.15, 0.2) is 0 Å². The van der Waals surface area contributed by atoms with E-state index >= 15 is 0 Å². The monoisotopic (exact) mass is 362 g/mol. The Morgan fingerprint density at radius 3 is 2.70 bits per heavy atom. The number of hydrogen-bond acceptors (Lipinski definition) is 3. The third-order valence-electron chi connectivity index (χ3n) is 3.90. The number of carbonyl (C=O) groups excluding carboxylic acids is 1. The normalized spacial score (nSPS) is 11.9. The van der Waals surface area contributed by atoms with Crippen LogP contribution in [0.25, 0.3) is 6.08 Å². The highest BCUT2D eigenvalue weighted by Crippen LogP contribution is 2.23. The number of carbonyl (C=O) groups is 1. The van der Waals surface area contributed by atoms with Crippen molar-refractivity contribution in [1.82, 2.24) is 10.3 Å². The third kappa shape index (κ3) is 5.25. The van der Waals surface area contributed by atoms with Crippen LogP contribution in [0.3, 0.4) is 0 Å². The van der Waals surface area contributed by atoms with Gasteiger partial charge in [0.25, 0.3) is 0 Å². The van der Waals surface area contributed by atoms with Gasteiger partial charge in [0, 0.05) is 23.9 Å². The number of pyridine rings is 1. The van der Waals surface area contributed by atoms with Gasteiger partial charge in [0.05, 0.1) is 6.04 Å². The number of halogens is 1. The zero-order valence-corrected chi connectivity index (χ0v) is 14.8. The van der Waals surface area contributed by atoms with Crippen molar-refractivity contribution in [3.63, 3.8) is 0 Å². The molecule has 0 aliphatic rings. The maximum Gasteiger partial charge on any atom is 0.244 e. The molecule has 0 aliphatic carbocycles. The van der Waals surface area contributed by atoms with Crippen molar-refractivity contribution in [2.75, 3.05) is 0 Å². The van der Waals surface area contributed by atoms with E-state index in [1.54, 1.807) is 30.5 Å². The molecule has 1 atom stereocenters. The average molecular weight is 362 g/mol. The number of amides is 1. The van der Waals surface area contributed by atoms with Gasteiger partial charge < -0.3 is 10.1 Å². The lowest BCUT2D eigenvalue weighted by Crippen LogP contribution is -2.24. The number of aromatic nitrogens is 1. The van der Waals surface area contributed by atoms with Crippen LogP contribution in [0.5, 0.6) is 11.6 Å². The van der Waals surface area contributed by atoms with Gasteiger partial charge in [-0.2, -0.15) is 0 Å². The molecule has 136 valence electrons. The van der Waals surface area contributed by atoms with E-state index in [0.717, 1.165) is 5.56 Å². The van der Waals surface area contributed by atoms with Gasteiger partial charge in [0.2, 0.25) is 11.8 Å². The molecule has 0 unspecified atom stereocenters. The molecule has 0 bridgehead atoms. The molecule has 2 aromatic carbocycles. The number of rotatable bonds is 6. The summed E-state index contributed by atoms with van der Waals surface area (Å²) in [5.74, 6) is 0.462. The molecule has 1 N–H and O–H groups in total. The molecule has 4 nitrogen and oxygen atoms in total. The van der Waals surface area contributed by atoms with Gasteiger partial charge in [-0.15, -0.1) is 0 Å². The van der Waals surface area contributed by atoms with Crippen LogP contribution in [-0.4, -0.2) is 10.9 Å². The molecular weight excluding hydrogens is 343 g/mol. The van der Waals surface area contributed by atoms with Crippen LogP contribution >= 0.6 is 0 Å². The van der Waals surface area contributed by atoms with E-state index in [1.165, 1.54) is 18.2 Å². The summed E-state index contributed by atoms with van der Waals surface area (Å²) in [5, 5.41) is 2.86. The number of ether oxygens (including phenoxy) is 1. The lowest BCUT2D eigenvalue weighted by atomic mass is 10.1. The SMILES string of the molecule is C[C@H](NC(=O)C=Cc1ccccc1F)c1cccc(Oc2ccccn2)c1. The molecule has 0 spiro atoms. The molecule has 0 saturated heterocycles. The van der Waals surface area contributed by atoms with Crippen LogP contribution in [0, 0.1) is 5.82 Å². The fourth-order valence-corrected chi connectivity index (χ4v) is 2.50. The smallest absolute Gasteiger partial charge is 0.244 e. The summed E-state index contributed by atoms with van der Waals surface area (Å²) in [7, 11) is 0. The maximum atomic E-state index is 13.6. The quantitative estimate of drug-likeness (QED) is 0.634. The van der Waals surface area contributed by atoms with Crippen LogP contribution in [0.2, 0.25) is 0 Å². The van der Waals surface area contributed by atoms with E-state index in [2.05, 4.69) is 10.3 Å². The Bertz CT molecular complexity index is 942. The predicted molar refractivity (Wildman–Crippen MR) is 103 cm³/mol. The van der Waals surface area contributed by atoms with Gasteiger partial charge in [-0.25, -0.2) is 9.37 Å². The van der Waals surface area contributed by atoms with Crippen molar-refractivity contribution in [2.45, 2.75) is 13.0 Å². The minimum atomic E-state index is -0.367. The number of benzene rings is 2. The molecule has 3 rings (SSSR count). The van der Waals surface area contributed by atoms with Crippen molar-refractivity contribution in [1.29, 1.82) is 0 Å². The van der Waals surface area contributed by atoms with Gasteiger partial charge in [0.1, 0.15) is 11.6 Å². The first-order chi connectivity index (χ1) is 13.1. The number of nitrogens with one attached hydrogen (secondary N) is 1. The van der Waals surface area contributed by atoms with E-state index in [4.69, 9.17) is 4.74 Å². The van der Waals surface area contributed by atoms with Crippen LogP contribution in [0.15, 0.2) is 79.0 Å². The Hall–Kier alpha value is -3.47. The molecule has 0 radical (unpaired) electrons. The lowest BCUT2D eigenvalue weighted by molar-refractivity contribution is -0.117. The van der Waals surface area contributed by atoms with Crippen molar-refractivity contribution in [2.24, 2.45) is 0 Å². The van der Waals surface area contributed by atoms with Crippen LogP contribution in [-0.2, 0) is 4.79 Å². The lowest BCUT2D eigenvalue weighted by Gasteiger charge is -2.14. The van der Waals surface area contributed by atoms with E-state index < -0.39 is 0 Å². The summed E-state index contributed by atoms with van der Waals surface area (Å²) >= 11 is 0. The number of hydrogen-bond donors (Lipinski definition) is 1. The van der Waals surface area contributed by atoms with E-state index in [9.17, 15) is 9.18 Å². The molecule has 1 aromatic heterocycles. The molecule has 0 saturated carbocycles. The zero-order chi connectivity index (χ0) is 19.1. The Balaban J connectivity index is 1.63. The summed E-state index contributed by atoms with van der Waals surface area (Å²) in [4.78, 5) is 16.3. The second kappa shape index (κ2) is 8.76. The Morgan fingerprint density at radius 1 is 1.11 bits per heavy atom. The van der Waals surface area contributed by atoms with Crippen LogP contribution in [0.4, 0.5) is 4.39 Å². The van der Waals surface area contributed by atoms with E-state index in [-0.39, 0.29) is 17.8 Å². The minimum absolute atomic E-state index is 0.241. The highest BCUT2D eigenvalue weighted by atomic mass is 19.1. The summed E-state index contributed by atoms with van der Waals surface area (Å²) in [6.45, 7) is 1.87.